The van der Waals surface area contributed by atoms with Crippen molar-refractivity contribution in [3.8, 4) is 11.4 Å². The van der Waals surface area contributed by atoms with E-state index in [0.29, 0.717) is 16.5 Å². The Morgan fingerprint density at radius 3 is 2.95 bits per heavy atom. The van der Waals surface area contributed by atoms with Crippen LogP contribution in [0.1, 0.15) is 24.5 Å². The van der Waals surface area contributed by atoms with Crippen LogP contribution < -0.4 is 15.8 Å². The van der Waals surface area contributed by atoms with Crippen molar-refractivity contribution in [2.75, 3.05) is 12.4 Å². The molecule has 2 aromatic rings. The van der Waals surface area contributed by atoms with Gasteiger partial charge in [0.05, 0.1) is 11.1 Å². The minimum atomic E-state index is -0.565. The van der Waals surface area contributed by atoms with E-state index in [4.69, 9.17) is 20.8 Å². The van der Waals surface area contributed by atoms with E-state index in [1.165, 1.54) is 4.68 Å². The van der Waals surface area contributed by atoms with Crippen LogP contribution in [0.25, 0.3) is 5.69 Å². The van der Waals surface area contributed by atoms with Crippen molar-refractivity contribution in [1.29, 1.82) is 0 Å². The van der Waals surface area contributed by atoms with E-state index in [-0.39, 0.29) is 12.1 Å². The Morgan fingerprint density at radius 1 is 1.52 bits per heavy atom. The summed E-state index contributed by atoms with van der Waals surface area (Å²) in [6, 6.07) is 1.95. The van der Waals surface area contributed by atoms with Crippen molar-refractivity contribution >= 4 is 17.6 Å². The van der Waals surface area contributed by atoms with Crippen LogP contribution in [0.2, 0.25) is 5.02 Å². The number of fused-ring (bicyclic) bond motifs is 1. The molecule has 1 aliphatic rings. The molecule has 2 heterocycles. The maximum atomic E-state index is 12.0. The fourth-order valence-electron chi connectivity index (χ4n) is 2.48. The Kier molecular flexibility index (Phi) is 3.41. The van der Waals surface area contributed by atoms with Gasteiger partial charge < -0.3 is 14.5 Å². The predicted molar refractivity (Wildman–Crippen MR) is 79.8 cm³/mol. The second-order valence-corrected chi connectivity index (χ2v) is 5.51. The third-order valence-corrected chi connectivity index (χ3v) is 4.11. The van der Waals surface area contributed by atoms with Gasteiger partial charge in [-0.15, -0.1) is 5.10 Å². The quantitative estimate of drug-likeness (QED) is 0.923. The molecule has 1 aromatic heterocycles. The molecule has 3 rings (SSSR count). The van der Waals surface area contributed by atoms with Crippen molar-refractivity contribution in [3.63, 3.8) is 0 Å². The van der Waals surface area contributed by atoms with E-state index in [1.807, 2.05) is 13.8 Å². The highest BCUT2D eigenvalue weighted by Crippen LogP contribution is 2.39. The first kappa shape index (κ1) is 14.0. The van der Waals surface area contributed by atoms with Crippen LogP contribution >= 0.6 is 11.6 Å². The number of benzene rings is 1. The van der Waals surface area contributed by atoms with E-state index < -0.39 is 5.76 Å². The fraction of sp³-hybridized carbons (Fsp3) is 0.429. The number of ether oxygens (including phenoxy) is 1. The topological polar surface area (TPSA) is 69.3 Å². The minimum Gasteiger partial charge on any atom is -0.488 e. The third-order valence-electron chi connectivity index (χ3n) is 3.58. The Morgan fingerprint density at radius 2 is 2.29 bits per heavy atom. The van der Waals surface area contributed by atoms with E-state index in [1.54, 1.807) is 13.1 Å². The molecule has 7 heteroatoms. The molecule has 21 heavy (non-hydrogen) atoms. The number of hydrogen-bond acceptors (Lipinski definition) is 5. The third kappa shape index (κ3) is 2.29. The average Bonchev–Trinajstić information content (AvgIpc) is 2.84. The van der Waals surface area contributed by atoms with Gasteiger partial charge in [0.15, 0.2) is 0 Å². The first-order chi connectivity index (χ1) is 10.0. The maximum Gasteiger partial charge on any atom is 0.443 e. The molecule has 1 aromatic carbocycles. The summed E-state index contributed by atoms with van der Waals surface area (Å²) in [5, 5.41) is 7.50. The zero-order valence-electron chi connectivity index (χ0n) is 12.1. The van der Waals surface area contributed by atoms with Crippen LogP contribution in [0, 0.1) is 6.92 Å². The van der Waals surface area contributed by atoms with Gasteiger partial charge in [-0.2, -0.15) is 4.68 Å². The number of hydrogen-bond donors (Lipinski definition) is 1. The van der Waals surface area contributed by atoms with Crippen molar-refractivity contribution in [2.24, 2.45) is 0 Å². The average molecular weight is 310 g/mol. The number of aromatic nitrogens is 2. The van der Waals surface area contributed by atoms with Gasteiger partial charge in [0.2, 0.25) is 0 Å². The smallest absolute Gasteiger partial charge is 0.443 e. The maximum absolute atomic E-state index is 12.0. The Labute approximate surface area is 126 Å². The van der Waals surface area contributed by atoms with Crippen molar-refractivity contribution in [2.45, 2.75) is 32.8 Å². The van der Waals surface area contributed by atoms with Crippen molar-refractivity contribution in [3.05, 3.63) is 32.8 Å². The number of nitrogens with zero attached hydrogens (tertiary/aromatic N) is 2. The largest absolute Gasteiger partial charge is 0.488 e. The lowest BCUT2D eigenvalue weighted by atomic mass is 9.99. The SMILES string of the molecule is CNc1nn(-c2cc(C)c(Cl)c3c2OC(C)CC3)c(=O)o1. The summed E-state index contributed by atoms with van der Waals surface area (Å²) in [5.41, 5.74) is 2.36. The fourth-order valence-corrected chi connectivity index (χ4v) is 2.71. The van der Waals surface area contributed by atoms with E-state index in [0.717, 1.165) is 24.0 Å². The first-order valence-corrected chi connectivity index (χ1v) is 7.16. The van der Waals surface area contributed by atoms with Gasteiger partial charge in [-0.1, -0.05) is 11.6 Å². The minimum absolute atomic E-state index is 0.0707. The number of aryl methyl sites for hydroxylation is 1. The van der Waals surface area contributed by atoms with Gasteiger partial charge in [-0.25, -0.2) is 4.79 Å². The Balaban J connectivity index is 2.25. The highest BCUT2D eigenvalue weighted by Gasteiger charge is 2.26. The van der Waals surface area contributed by atoms with Gasteiger partial charge in [-0.3, -0.25) is 0 Å². The highest BCUT2D eigenvalue weighted by molar-refractivity contribution is 6.32. The Hall–Kier alpha value is -1.95. The van der Waals surface area contributed by atoms with Gasteiger partial charge in [0.25, 0.3) is 0 Å². The molecule has 0 radical (unpaired) electrons. The molecular weight excluding hydrogens is 294 g/mol. The van der Waals surface area contributed by atoms with Crippen LogP contribution in [-0.2, 0) is 6.42 Å². The molecule has 112 valence electrons. The standard InChI is InChI=1S/C14H16ClN3O3/c1-7-6-10(18-14(19)21-13(16-3)17-18)12-9(11(7)15)5-4-8(2)20-12/h6,8H,4-5H2,1-3H3,(H,16,17). The van der Waals surface area contributed by atoms with Crippen molar-refractivity contribution in [1.82, 2.24) is 9.78 Å². The molecule has 0 amide bonds. The molecule has 0 saturated carbocycles. The number of rotatable bonds is 2. The van der Waals surface area contributed by atoms with Gasteiger partial charge in [0, 0.05) is 12.6 Å². The number of anilines is 1. The molecule has 0 saturated heterocycles. The van der Waals surface area contributed by atoms with Gasteiger partial charge >= 0.3 is 11.8 Å². The number of nitrogens with one attached hydrogen (secondary N) is 1. The summed E-state index contributed by atoms with van der Waals surface area (Å²) >= 11 is 6.37. The Bertz CT molecular complexity index is 751. The van der Waals surface area contributed by atoms with Gasteiger partial charge in [0.1, 0.15) is 11.4 Å². The molecule has 1 aliphatic heterocycles. The molecule has 1 N–H and O–H groups in total. The molecule has 0 fully saturated rings. The number of halogens is 1. The summed E-state index contributed by atoms with van der Waals surface area (Å²) in [7, 11) is 1.64. The summed E-state index contributed by atoms with van der Waals surface area (Å²) < 4.78 is 12.1. The van der Waals surface area contributed by atoms with Crippen LogP contribution in [0.3, 0.4) is 0 Å². The first-order valence-electron chi connectivity index (χ1n) is 6.78. The van der Waals surface area contributed by atoms with Crippen LogP contribution in [0.5, 0.6) is 5.75 Å². The molecule has 0 aliphatic carbocycles. The molecular formula is C14H16ClN3O3. The summed E-state index contributed by atoms with van der Waals surface area (Å²) in [6.45, 7) is 3.89. The van der Waals surface area contributed by atoms with E-state index in [2.05, 4.69) is 10.4 Å². The summed E-state index contributed by atoms with van der Waals surface area (Å²) in [5.74, 6) is 0.0486. The predicted octanol–water partition coefficient (Wildman–Crippen LogP) is 2.54. The zero-order valence-corrected chi connectivity index (χ0v) is 12.8. The molecule has 0 spiro atoms. The highest BCUT2D eigenvalue weighted by atomic mass is 35.5. The normalized spacial score (nSPS) is 17.2. The molecule has 1 atom stereocenters. The lowest BCUT2D eigenvalue weighted by molar-refractivity contribution is 0.191. The second kappa shape index (κ2) is 5.11. The lowest BCUT2D eigenvalue weighted by Crippen LogP contribution is -2.23. The molecule has 1 unspecified atom stereocenters. The monoisotopic (exact) mass is 309 g/mol. The van der Waals surface area contributed by atoms with E-state index >= 15 is 0 Å². The molecule has 0 bridgehead atoms. The lowest BCUT2D eigenvalue weighted by Gasteiger charge is -2.26. The van der Waals surface area contributed by atoms with Crippen LogP contribution in [0.15, 0.2) is 15.3 Å². The van der Waals surface area contributed by atoms with Gasteiger partial charge in [-0.05, 0) is 38.3 Å². The van der Waals surface area contributed by atoms with Crippen molar-refractivity contribution < 1.29 is 9.15 Å². The van der Waals surface area contributed by atoms with Crippen LogP contribution in [-0.4, -0.2) is 22.9 Å². The molecule has 6 nitrogen and oxygen atoms in total. The second-order valence-electron chi connectivity index (χ2n) is 5.14. The zero-order chi connectivity index (χ0) is 15.1. The summed E-state index contributed by atoms with van der Waals surface area (Å²) in [4.78, 5) is 12.0. The van der Waals surface area contributed by atoms with Crippen LogP contribution in [0.4, 0.5) is 6.01 Å². The summed E-state index contributed by atoms with van der Waals surface area (Å²) in [6.07, 6.45) is 1.78. The van der Waals surface area contributed by atoms with E-state index in [9.17, 15) is 4.79 Å².